The van der Waals surface area contributed by atoms with Crippen molar-refractivity contribution in [2.75, 3.05) is 33.8 Å². The largest absolute Gasteiger partial charge is 0.507 e. The summed E-state index contributed by atoms with van der Waals surface area (Å²) in [7, 11) is 3.83. The van der Waals surface area contributed by atoms with Gasteiger partial charge in [0.1, 0.15) is 11.5 Å². The monoisotopic (exact) mass is 514 g/mol. The van der Waals surface area contributed by atoms with E-state index in [0.29, 0.717) is 25.3 Å². The molecule has 176 valence electrons. The van der Waals surface area contributed by atoms with Gasteiger partial charge >= 0.3 is 0 Å². The Hall–Kier alpha value is -2.64. The smallest absolute Gasteiger partial charge is 0.295 e. The van der Waals surface area contributed by atoms with Crippen molar-refractivity contribution in [1.82, 2.24) is 9.80 Å². The van der Waals surface area contributed by atoms with E-state index in [9.17, 15) is 14.7 Å². The van der Waals surface area contributed by atoms with Gasteiger partial charge < -0.3 is 19.6 Å². The van der Waals surface area contributed by atoms with Gasteiger partial charge in [0.05, 0.1) is 18.2 Å². The number of likely N-dealkylation sites (tertiary alicyclic amines) is 1. The van der Waals surface area contributed by atoms with E-state index in [-0.39, 0.29) is 11.3 Å². The number of likely N-dealkylation sites (N-methyl/N-ethyl adjacent to an activating group) is 1. The van der Waals surface area contributed by atoms with E-state index in [0.717, 1.165) is 34.2 Å². The Morgan fingerprint density at radius 3 is 2.45 bits per heavy atom. The van der Waals surface area contributed by atoms with Crippen molar-refractivity contribution >= 4 is 33.4 Å². The van der Waals surface area contributed by atoms with Crippen LogP contribution < -0.4 is 4.74 Å². The first-order valence-electron chi connectivity index (χ1n) is 11.2. The number of benzene rings is 2. The lowest BCUT2D eigenvalue weighted by atomic mass is 9.95. The summed E-state index contributed by atoms with van der Waals surface area (Å²) in [6.07, 6.45) is 2.01. The first-order valence-corrected chi connectivity index (χ1v) is 12.0. The molecule has 0 spiro atoms. The number of unbranched alkanes of at least 4 members (excludes halogenated alkanes) is 1. The highest BCUT2D eigenvalue weighted by molar-refractivity contribution is 9.10. The van der Waals surface area contributed by atoms with Gasteiger partial charge in [-0.05, 0) is 68.9 Å². The molecule has 3 rings (SSSR count). The summed E-state index contributed by atoms with van der Waals surface area (Å²) in [6.45, 7) is 5.61. The third-order valence-electron chi connectivity index (χ3n) is 5.72. The SMILES string of the molecule is CCCCOc1ccc(C(O)=C2C(=O)C(=O)N(CCN(C)C)[C@@H]2c2ccc(Br)cc2)cc1C. The first kappa shape index (κ1) is 25.0. The van der Waals surface area contributed by atoms with Crippen molar-refractivity contribution in [2.24, 2.45) is 0 Å². The lowest BCUT2D eigenvalue weighted by Crippen LogP contribution is -2.35. The number of halogens is 1. The lowest BCUT2D eigenvalue weighted by Gasteiger charge is -2.26. The second kappa shape index (κ2) is 11.0. The fourth-order valence-corrected chi connectivity index (χ4v) is 4.11. The van der Waals surface area contributed by atoms with E-state index in [4.69, 9.17) is 4.74 Å². The summed E-state index contributed by atoms with van der Waals surface area (Å²) >= 11 is 3.43. The van der Waals surface area contributed by atoms with E-state index in [1.807, 2.05) is 50.2 Å². The van der Waals surface area contributed by atoms with Crippen molar-refractivity contribution in [3.63, 3.8) is 0 Å². The second-order valence-corrected chi connectivity index (χ2v) is 9.45. The third-order valence-corrected chi connectivity index (χ3v) is 6.25. The molecule has 0 aromatic heterocycles. The molecule has 2 aromatic carbocycles. The maximum Gasteiger partial charge on any atom is 0.295 e. The van der Waals surface area contributed by atoms with Crippen molar-refractivity contribution < 1.29 is 19.4 Å². The molecular weight excluding hydrogens is 484 g/mol. The van der Waals surface area contributed by atoms with Crippen molar-refractivity contribution in [2.45, 2.75) is 32.7 Å². The van der Waals surface area contributed by atoms with Gasteiger partial charge in [-0.3, -0.25) is 9.59 Å². The molecular formula is C26H31BrN2O4. The normalized spacial score (nSPS) is 17.8. The zero-order valence-electron chi connectivity index (χ0n) is 19.6. The molecule has 2 aromatic rings. The number of aliphatic hydroxyl groups excluding tert-OH is 1. The van der Waals surface area contributed by atoms with Crippen LogP contribution in [0.4, 0.5) is 0 Å². The summed E-state index contributed by atoms with van der Waals surface area (Å²) in [4.78, 5) is 29.6. The molecule has 6 nitrogen and oxygen atoms in total. The van der Waals surface area contributed by atoms with Crippen molar-refractivity contribution in [1.29, 1.82) is 0 Å². The van der Waals surface area contributed by atoms with Crippen LogP contribution in [-0.2, 0) is 9.59 Å². The fourth-order valence-electron chi connectivity index (χ4n) is 3.85. The van der Waals surface area contributed by atoms with Crippen molar-refractivity contribution in [3.05, 3.63) is 69.2 Å². The molecule has 1 N–H and O–H groups in total. The number of rotatable bonds is 9. The van der Waals surface area contributed by atoms with Gasteiger partial charge in [-0.1, -0.05) is 41.4 Å². The fraction of sp³-hybridized carbons (Fsp3) is 0.385. The highest BCUT2D eigenvalue weighted by atomic mass is 79.9. The molecule has 1 aliphatic heterocycles. The number of nitrogens with zero attached hydrogens (tertiary/aromatic N) is 2. The van der Waals surface area contributed by atoms with Crippen LogP contribution in [0.3, 0.4) is 0 Å². The molecule has 0 saturated carbocycles. The molecule has 1 saturated heterocycles. The van der Waals surface area contributed by atoms with Gasteiger partial charge in [-0.2, -0.15) is 0 Å². The summed E-state index contributed by atoms with van der Waals surface area (Å²) in [6, 6.07) is 12.1. The highest BCUT2D eigenvalue weighted by Gasteiger charge is 2.45. The van der Waals surface area contributed by atoms with Crippen LogP contribution in [0.1, 0.15) is 42.5 Å². The molecule has 7 heteroatoms. The summed E-state index contributed by atoms with van der Waals surface area (Å²) in [5.41, 5.74) is 2.23. The number of aryl methyl sites for hydroxylation is 1. The number of hydrogen-bond donors (Lipinski definition) is 1. The molecule has 1 aliphatic rings. The number of ketones is 1. The van der Waals surface area contributed by atoms with E-state index in [1.165, 1.54) is 0 Å². The third kappa shape index (κ3) is 5.65. The van der Waals surface area contributed by atoms with Gasteiger partial charge in [0.2, 0.25) is 0 Å². The van der Waals surface area contributed by atoms with Crippen LogP contribution in [0.5, 0.6) is 5.75 Å². The molecule has 1 heterocycles. The Morgan fingerprint density at radius 2 is 1.85 bits per heavy atom. The van der Waals surface area contributed by atoms with Gasteiger partial charge in [0.25, 0.3) is 11.7 Å². The second-order valence-electron chi connectivity index (χ2n) is 8.53. The van der Waals surface area contributed by atoms with Gasteiger partial charge in [-0.15, -0.1) is 0 Å². The van der Waals surface area contributed by atoms with Gasteiger partial charge in [0.15, 0.2) is 0 Å². The quantitative estimate of drug-likeness (QED) is 0.222. The number of Topliss-reactive ketones (excluding diaryl/α,β-unsaturated/α-hetero) is 1. The first-order chi connectivity index (χ1) is 15.7. The molecule has 0 aliphatic carbocycles. The number of hydrogen-bond acceptors (Lipinski definition) is 5. The molecule has 33 heavy (non-hydrogen) atoms. The number of ether oxygens (including phenoxy) is 1. The van der Waals surface area contributed by atoms with E-state index >= 15 is 0 Å². The predicted molar refractivity (Wildman–Crippen MR) is 133 cm³/mol. The summed E-state index contributed by atoms with van der Waals surface area (Å²) in [5.74, 6) is -0.685. The van der Waals surface area contributed by atoms with Crippen LogP contribution in [-0.4, -0.2) is 60.4 Å². The standard InChI is InChI=1S/C26H31BrN2O4/c1-5-6-15-33-21-12-9-19(16-17(21)2)24(30)22-23(18-7-10-20(27)11-8-18)29(14-13-28(3)4)26(32)25(22)31/h7-12,16,23,30H,5-6,13-15H2,1-4H3/t23-/m1/s1. The minimum atomic E-state index is -0.667. The molecule has 1 fully saturated rings. The van der Waals surface area contributed by atoms with Crippen LogP contribution in [0, 0.1) is 6.92 Å². The average Bonchev–Trinajstić information content (AvgIpc) is 3.03. The lowest BCUT2D eigenvalue weighted by molar-refractivity contribution is -0.140. The minimum absolute atomic E-state index is 0.111. The Balaban J connectivity index is 2.04. The summed E-state index contributed by atoms with van der Waals surface area (Å²) in [5, 5.41) is 11.2. The molecule has 0 bridgehead atoms. The number of carbonyl (C=O) groups is 2. The zero-order chi connectivity index (χ0) is 24.1. The van der Waals surface area contributed by atoms with Gasteiger partial charge in [-0.25, -0.2) is 0 Å². The average molecular weight is 515 g/mol. The van der Waals surface area contributed by atoms with E-state index in [2.05, 4.69) is 22.9 Å². The van der Waals surface area contributed by atoms with E-state index in [1.54, 1.807) is 23.1 Å². The molecule has 0 unspecified atom stereocenters. The predicted octanol–water partition coefficient (Wildman–Crippen LogP) is 4.92. The Labute approximate surface area is 204 Å². The molecule has 1 atom stereocenters. The maximum absolute atomic E-state index is 13.1. The Kier molecular flexibility index (Phi) is 8.32. The van der Waals surface area contributed by atoms with Crippen LogP contribution in [0.15, 0.2) is 52.5 Å². The van der Waals surface area contributed by atoms with Gasteiger partial charge in [0, 0.05) is 23.1 Å². The molecule has 0 radical (unpaired) electrons. The number of amides is 1. The summed E-state index contributed by atoms with van der Waals surface area (Å²) < 4.78 is 6.71. The molecule has 1 amide bonds. The van der Waals surface area contributed by atoms with Crippen LogP contribution in [0.2, 0.25) is 0 Å². The van der Waals surface area contributed by atoms with E-state index < -0.39 is 17.7 Å². The zero-order valence-corrected chi connectivity index (χ0v) is 21.2. The highest BCUT2D eigenvalue weighted by Crippen LogP contribution is 2.40. The minimum Gasteiger partial charge on any atom is -0.507 e. The number of aliphatic hydroxyl groups is 1. The maximum atomic E-state index is 13.1. The number of carbonyl (C=O) groups excluding carboxylic acids is 2. The van der Waals surface area contributed by atoms with Crippen molar-refractivity contribution in [3.8, 4) is 5.75 Å². The topological polar surface area (TPSA) is 70.1 Å². The Bertz CT molecular complexity index is 1050. The van der Waals surface area contributed by atoms with Crippen LogP contribution in [0.25, 0.3) is 5.76 Å². The Morgan fingerprint density at radius 1 is 1.15 bits per heavy atom. The van der Waals surface area contributed by atoms with Crippen LogP contribution >= 0.6 is 15.9 Å².